The summed E-state index contributed by atoms with van der Waals surface area (Å²) in [4.78, 5) is 13.2. The van der Waals surface area contributed by atoms with Gasteiger partial charge in [-0.15, -0.1) is 0 Å². The lowest BCUT2D eigenvalue weighted by molar-refractivity contribution is -0.143. The van der Waals surface area contributed by atoms with Gasteiger partial charge in [0, 0.05) is 26.2 Å². The zero-order valence-electron chi connectivity index (χ0n) is 8.75. The van der Waals surface area contributed by atoms with Crippen LogP contribution in [0.3, 0.4) is 0 Å². The number of nitrogens with one attached hydrogen (secondary N) is 1. The number of carbonyl (C=O) groups excluding carboxylic acids is 1. The number of amides is 1. The van der Waals surface area contributed by atoms with E-state index < -0.39 is 23.3 Å². The van der Waals surface area contributed by atoms with Crippen molar-refractivity contribution in [3.8, 4) is 0 Å². The highest BCUT2D eigenvalue weighted by molar-refractivity contribution is 5.95. The summed E-state index contributed by atoms with van der Waals surface area (Å²) < 4.78 is 41.8. The zero-order chi connectivity index (χ0) is 12.5. The van der Waals surface area contributed by atoms with Crippen LogP contribution in [0.15, 0.2) is 10.8 Å². The Bertz CT molecular complexity index is 410. The lowest BCUT2D eigenvalue weighted by atomic mass is 10.2. The van der Waals surface area contributed by atoms with Gasteiger partial charge in [0.15, 0.2) is 5.69 Å². The number of alkyl halides is 3. The van der Waals surface area contributed by atoms with Gasteiger partial charge in [0.05, 0.1) is 0 Å². The SMILES string of the molecule is O=C(c1conc1C(F)(F)F)N1CCNCC1. The Morgan fingerprint density at radius 2 is 2.06 bits per heavy atom. The first kappa shape index (κ1) is 11.9. The molecule has 0 aromatic carbocycles. The van der Waals surface area contributed by atoms with Crippen molar-refractivity contribution in [3.63, 3.8) is 0 Å². The molecule has 2 rings (SSSR count). The molecule has 1 aromatic rings. The fraction of sp³-hybridized carbons (Fsp3) is 0.556. The van der Waals surface area contributed by atoms with Crippen LogP contribution >= 0.6 is 0 Å². The quantitative estimate of drug-likeness (QED) is 0.797. The summed E-state index contributed by atoms with van der Waals surface area (Å²) in [6.45, 7) is 1.89. The predicted octanol–water partition coefficient (Wildman–Crippen LogP) is 0.739. The van der Waals surface area contributed by atoms with Gasteiger partial charge >= 0.3 is 6.18 Å². The minimum absolute atomic E-state index is 0.376. The van der Waals surface area contributed by atoms with E-state index in [1.165, 1.54) is 4.90 Å². The van der Waals surface area contributed by atoms with Crippen LogP contribution in [-0.2, 0) is 6.18 Å². The molecule has 8 heteroatoms. The van der Waals surface area contributed by atoms with E-state index in [0.717, 1.165) is 6.26 Å². The van der Waals surface area contributed by atoms with Crippen molar-refractivity contribution in [2.24, 2.45) is 0 Å². The molecule has 5 nitrogen and oxygen atoms in total. The van der Waals surface area contributed by atoms with E-state index in [9.17, 15) is 18.0 Å². The molecule has 1 N–H and O–H groups in total. The summed E-state index contributed by atoms with van der Waals surface area (Å²) in [6.07, 6.45) is -3.93. The van der Waals surface area contributed by atoms with Crippen molar-refractivity contribution in [1.82, 2.24) is 15.4 Å². The van der Waals surface area contributed by atoms with Crippen molar-refractivity contribution in [2.45, 2.75) is 6.18 Å². The van der Waals surface area contributed by atoms with Crippen LogP contribution in [0.25, 0.3) is 0 Å². The molecule has 0 unspecified atom stereocenters. The third-order valence-electron chi connectivity index (χ3n) is 2.47. The average Bonchev–Trinajstić information content (AvgIpc) is 2.78. The third kappa shape index (κ3) is 2.41. The number of aromatic nitrogens is 1. The Labute approximate surface area is 94.5 Å². The summed E-state index contributed by atoms with van der Waals surface area (Å²) in [5.41, 5.74) is -1.79. The summed E-state index contributed by atoms with van der Waals surface area (Å²) in [7, 11) is 0. The predicted molar refractivity (Wildman–Crippen MR) is 50.3 cm³/mol. The van der Waals surface area contributed by atoms with Crippen molar-refractivity contribution < 1.29 is 22.5 Å². The fourth-order valence-corrected chi connectivity index (χ4v) is 1.63. The van der Waals surface area contributed by atoms with E-state index in [0.29, 0.717) is 26.2 Å². The summed E-state index contributed by atoms with van der Waals surface area (Å²) in [5, 5.41) is 5.84. The van der Waals surface area contributed by atoms with Crippen molar-refractivity contribution >= 4 is 5.91 Å². The Kier molecular flexibility index (Phi) is 3.05. The lowest BCUT2D eigenvalue weighted by Crippen LogP contribution is -2.46. The van der Waals surface area contributed by atoms with Gasteiger partial charge in [-0.05, 0) is 0 Å². The van der Waals surface area contributed by atoms with E-state index in [-0.39, 0.29) is 0 Å². The lowest BCUT2D eigenvalue weighted by Gasteiger charge is -2.27. The van der Waals surface area contributed by atoms with Gasteiger partial charge in [0.1, 0.15) is 11.8 Å². The van der Waals surface area contributed by atoms with Gasteiger partial charge in [-0.1, -0.05) is 5.16 Å². The van der Waals surface area contributed by atoms with Crippen LogP contribution in [0, 0.1) is 0 Å². The molecule has 0 bridgehead atoms. The molecule has 2 heterocycles. The molecule has 1 aliphatic heterocycles. The maximum atomic E-state index is 12.5. The highest BCUT2D eigenvalue weighted by atomic mass is 19.4. The molecule has 1 saturated heterocycles. The van der Waals surface area contributed by atoms with Gasteiger partial charge in [-0.25, -0.2) is 0 Å². The smallest absolute Gasteiger partial charge is 0.363 e. The number of piperazine rings is 1. The molecule has 1 fully saturated rings. The standard InChI is InChI=1S/C9H10F3N3O2/c10-9(11,12)7-6(5-17-14-7)8(16)15-3-1-13-2-4-15/h5,13H,1-4H2. The van der Waals surface area contributed by atoms with Crippen LogP contribution in [0.2, 0.25) is 0 Å². The number of carbonyl (C=O) groups is 1. The molecule has 1 aliphatic rings. The first-order valence-corrected chi connectivity index (χ1v) is 5.01. The fourth-order valence-electron chi connectivity index (χ4n) is 1.63. The van der Waals surface area contributed by atoms with Gasteiger partial charge in [-0.2, -0.15) is 13.2 Å². The van der Waals surface area contributed by atoms with Crippen LogP contribution in [0.1, 0.15) is 16.1 Å². The molecule has 1 amide bonds. The maximum Gasteiger partial charge on any atom is 0.437 e. The molecule has 94 valence electrons. The first-order chi connectivity index (χ1) is 8.00. The normalized spacial score (nSPS) is 17.2. The molecule has 0 radical (unpaired) electrons. The summed E-state index contributed by atoms with van der Waals surface area (Å²) >= 11 is 0. The average molecular weight is 249 g/mol. The maximum absolute atomic E-state index is 12.5. The number of hydrogen-bond acceptors (Lipinski definition) is 4. The van der Waals surface area contributed by atoms with Crippen molar-refractivity contribution in [2.75, 3.05) is 26.2 Å². The topological polar surface area (TPSA) is 58.4 Å². The molecule has 0 atom stereocenters. The second-order valence-corrected chi connectivity index (χ2v) is 3.62. The Hall–Kier alpha value is -1.57. The first-order valence-electron chi connectivity index (χ1n) is 5.01. The van der Waals surface area contributed by atoms with Crippen LogP contribution in [0.4, 0.5) is 13.2 Å². The van der Waals surface area contributed by atoms with Crippen LogP contribution in [-0.4, -0.2) is 42.1 Å². The van der Waals surface area contributed by atoms with E-state index in [4.69, 9.17) is 0 Å². The highest BCUT2D eigenvalue weighted by Crippen LogP contribution is 2.31. The van der Waals surface area contributed by atoms with Gasteiger partial charge < -0.3 is 14.7 Å². The molecule has 0 spiro atoms. The molecular formula is C9H10F3N3O2. The van der Waals surface area contributed by atoms with Crippen LogP contribution in [0.5, 0.6) is 0 Å². The van der Waals surface area contributed by atoms with Crippen LogP contribution < -0.4 is 5.32 Å². The number of halogens is 3. The number of hydrogen-bond donors (Lipinski definition) is 1. The molecule has 1 aromatic heterocycles. The van der Waals surface area contributed by atoms with Crippen molar-refractivity contribution in [1.29, 1.82) is 0 Å². The molecule has 0 aliphatic carbocycles. The Morgan fingerprint density at radius 1 is 1.41 bits per heavy atom. The summed E-state index contributed by atoms with van der Waals surface area (Å²) in [5.74, 6) is -0.694. The highest BCUT2D eigenvalue weighted by Gasteiger charge is 2.40. The Balaban J connectivity index is 2.22. The minimum atomic E-state index is -4.67. The molecule has 0 saturated carbocycles. The minimum Gasteiger partial charge on any atom is -0.363 e. The second kappa shape index (κ2) is 4.36. The number of rotatable bonds is 1. The Morgan fingerprint density at radius 3 is 2.65 bits per heavy atom. The van der Waals surface area contributed by atoms with E-state index in [1.54, 1.807) is 0 Å². The van der Waals surface area contributed by atoms with Gasteiger partial charge in [-0.3, -0.25) is 4.79 Å². The van der Waals surface area contributed by atoms with E-state index in [2.05, 4.69) is 15.0 Å². The van der Waals surface area contributed by atoms with Gasteiger partial charge in [0.2, 0.25) is 0 Å². The largest absolute Gasteiger partial charge is 0.437 e. The molecular weight excluding hydrogens is 239 g/mol. The second-order valence-electron chi connectivity index (χ2n) is 3.62. The molecule has 17 heavy (non-hydrogen) atoms. The van der Waals surface area contributed by atoms with E-state index >= 15 is 0 Å². The summed E-state index contributed by atoms with van der Waals surface area (Å²) in [6, 6.07) is 0. The monoisotopic (exact) mass is 249 g/mol. The third-order valence-corrected chi connectivity index (χ3v) is 2.47. The zero-order valence-corrected chi connectivity index (χ0v) is 8.75. The van der Waals surface area contributed by atoms with Crippen molar-refractivity contribution in [3.05, 3.63) is 17.5 Å². The van der Waals surface area contributed by atoms with Gasteiger partial charge in [0.25, 0.3) is 5.91 Å². The van der Waals surface area contributed by atoms with E-state index in [1.807, 2.05) is 0 Å². The number of nitrogens with zero attached hydrogens (tertiary/aromatic N) is 2.